The normalized spacial score (nSPS) is 5.75. The van der Waals surface area contributed by atoms with Gasteiger partial charge in [0.1, 0.15) is 0 Å². The van der Waals surface area contributed by atoms with Crippen LogP contribution in [0, 0.1) is 7.11 Å². The smallest absolute Gasteiger partial charge is 0.569 e. The van der Waals surface area contributed by atoms with E-state index in [1.54, 1.807) is 0 Å². The molecule has 1 N–H and O–H groups in total. The van der Waals surface area contributed by atoms with Crippen molar-refractivity contribution in [1.82, 2.24) is 0 Å². The van der Waals surface area contributed by atoms with Crippen molar-refractivity contribution in [2.45, 2.75) is 0 Å². The first kappa shape index (κ1) is 10.7. The summed E-state index contributed by atoms with van der Waals surface area (Å²) in [5.41, 5.74) is 0. The fourth-order valence-electron chi connectivity index (χ4n) is 0.321. The molecule has 1 nitrogen and oxygen atoms in total. The van der Waals surface area contributed by atoms with Crippen LogP contribution in [0.2, 0.25) is 0 Å². The molecule has 0 aliphatic rings. The third-order valence-corrected chi connectivity index (χ3v) is 0.556. The van der Waals surface area contributed by atoms with Gasteiger partial charge < -0.3 is 5.11 Å². The summed E-state index contributed by atoms with van der Waals surface area (Å²) < 4.78 is 0. The Morgan fingerprint density at radius 3 is 1.62 bits per heavy atom. The molecule has 8 heavy (non-hydrogen) atoms. The zero-order chi connectivity index (χ0) is 5.54. The largest absolute Gasteiger partial charge is 2.00 e. The van der Waals surface area contributed by atoms with Gasteiger partial charge in [-0.05, 0) is 0 Å². The maximum absolute atomic E-state index is 6.75. The molecule has 0 aromatic heterocycles. The predicted molar refractivity (Wildman–Crippen MR) is 29.3 cm³/mol. The Morgan fingerprint density at radius 2 is 1.50 bits per heavy atom. The second-order valence-corrected chi connectivity index (χ2v) is 0.962. The molecule has 1 aromatic rings. The fraction of sp³-hybridized carbons (Fsp3) is 0. The van der Waals surface area contributed by atoms with E-state index in [0.29, 0.717) is 0 Å². The van der Waals surface area contributed by atoms with Crippen LogP contribution in [0.4, 0.5) is 0 Å². The number of hydrogen-bond donors (Lipinski definition) is 1. The van der Waals surface area contributed by atoms with E-state index in [1.165, 1.54) is 0 Å². The molecule has 0 saturated heterocycles. The second-order valence-electron chi connectivity index (χ2n) is 0.962. The van der Waals surface area contributed by atoms with E-state index in [9.17, 15) is 0 Å². The summed E-state index contributed by atoms with van der Waals surface area (Å²) in [5, 5.41) is 6.75. The molecule has 0 spiro atoms. The molecule has 0 aliphatic heterocycles. The van der Waals surface area contributed by atoms with Crippen LogP contribution in [0.1, 0.15) is 0 Å². The van der Waals surface area contributed by atoms with Crippen molar-refractivity contribution in [2.75, 3.05) is 0 Å². The van der Waals surface area contributed by atoms with E-state index in [4.69, 9.17) is 5.11 Å². The van der Waals surface area contributed by atoms with E-state index in [-0.39, 0.29) is 16.8 Å². The van der Waals surface area contributed by atoms with E-state index in [0.717, 1.165) is 0 Å². The molecule has 0 saturated carbocycles. The minimum absolute atomic E-state index is 0. The minimum Gasteiger partial charge on any atom is -0.569 e. The van der Waals surface area contributed by atoms with Gasteiger partial charge in [-0.3, -0.25) is 0 Å². The van der Waals surface area contributed by atoms with Crippen LogP contribution in [0.15, 0.2) is 30.3 Å². The van der Waals surface area contributed by atoms with Gasteiger partial charge in [0.25, 0.3) is 0 Å². The van der Waals surface area contributed by atoms with Gasteiger partial charge in [-0.15, -0.1) is 0 Å². The Bertz CT molecular complexity index is 65.0. The van der Waals surface area contributed by atoms with Gasteiger partial charge in [0.05, 0.1) is 0 Å². The molecule has 0 amide bonds. The maximum atomic E-state index is 6.75. The van der Waals surface area contributed by atoms with Crippen LogP contribution in [0.25, 0.3) is 0 Å². The molecular formula is C6H8CoO. The van der Waals surface area contributed by atoms with Crippen molar-refractivity contribution in [2.24, 2.45) is 0 Å². The van der Waals surface area contributed by atoms with Crippen LogP contribution >= 0.6 is 0 Å². The van der Waals surface area contributed by atoms with Gasteiger partial charge in [-0.25, -0.2) is 19.2 Å². The number of hydrogen-bond acceptors (Lipinski definition) is 1. The van der Waals surface area contributed by atoms with Crippen molar-refractivity contribution in [3.05, 3.63) is 37.4 Å². The first-order valence-corrected chi connectivity index (χ1v) is 1.98. The monoisotopic (exact) mass is 155 g/mol. The first-order chi connectivity index (χ1) is 3.50. The summed E-state index contributed by atoms with van der Waals surface area (Å²) in [6.45, 7) is 0. The molecule has 0 aliphatic carbocycles. The van der Waals surface area contributed by atoms with Gasteiger partial charge >= 0.3 is 16.8 Å². The zero-order valence-electron chi connectivity index (χ0n) is 4.37. The molecular weight excluding hydrogens is 147 g/mol. The van der Waals surface area contributed by atoms with Gasteiger partial charge in [-0.1, -0.05) is 0 Å². The van der Waals surface area contributed by atoms with Crippen molar-refractivity contribution >= 4 is 0 Å². The van der Waals surface area contributed by atoms with E-state index < -0.39 is 0 Å². The van der Waals surface area contributed by atoms with Gasteiger partial charge in [0.15, 0.2) is 0 Å². The second kappa shape index (κ2) is 9.94. The summed E-state index contributed by atoms with van der Waals surface area (Å²) in [6, 6.07) is 10.0. The van der Waals surface area contributed by atoms with Crippen LogP contribution in [-0.2, 0) is 16.8 Å². The molecule has 0 unspecified atom stereocenters. The van der Waals surface area contributed by atoms with Crippen molar-refractivity contribution in [3.63, 3.8) is 0 Å². The Hall–Kier alpha value is -0.184. The summed E-state index contributed by atoms with van der Waals surface area (Å²) >= 11 is 0. The Labute approximate surface area is 59.9 Å². The average Bonchev–Trinajstić information content (AvgIpc) is 2.23. The Kier molecular flexibility index (Phi) is 13.3. The number of rotatable bonds is 0. The topological polar surface area (TPSA) is 20.2 Å². The molecule has 47 valence electrons. The van der Waals surface area contributed by atoms with Gasteiger partial charge in [0.2, 0.25) is 0 Å². The van der Waals surface area contributed by atoms with Crippen molar-refractivity contribution in [3.8, 4) is 0 Å². The Balaban J connectivity index is 0. The van der Waals surface area contributed by atoms with Crippen molar-refractivity contribution in [1.29, 1.82) is 0 Å². The molecule has 1 aromatic carbocycles. The summed E-state index contributed by atoms with van der Waals surface area (Å²) in [6.07, 6.45) is 0. The third kappa shape index (κ3) is 5.82. The zero-order valence-corrected chi connectivity index (χ0v) is 5.42. The molecule has 1 rings (SSSR count). The standard InChI is InChI=1S/C5H5.CH3O.Co/c1-2-4-5-3-1;1-2;/h1-5H;2H,1H2;/q2*-1;+2. The Morgan fingerprint density at radius 1 is 1.12 bits per heavy atom. The van der Waals surface area contributed by atoms with E-state index in [1.807, 2.05) is 30.3 Å². The molecule has 0 atom stereocenters. The average molecular weight is 155 g/mol. The molecule has 2 heteroatoms. The van der Waals surface area contributed by atoms with Crippen LogP contribution < -0.4 is 0 Å². The quantitative estimate of drug-likeness (QED) is 0.563. The van der Waals surface area contributed by atoms with Crippen LogP contribution in [-0.4, -0.2) is 5.11 Å². The molecule has 0 fully saturated rings. The van der Waals surface area contributed by atoms with Crippen LogP contribution in [0.5, 0.6) is 0 Å². The van der Waals surface area contributed by atoms with E-state index in [2.05, 4.69) is 7.11 Å². The molecule has 1 radical (unpaired) electrons. The SMILES string of the molecule is [CH2-]O.[Co+2].c1cc[cH-]c1. The van der Waals surface area contributed by atoms with Crippen LogP contribution in [0.3, 0.4) is 0 Å². The summed E-state index contributed by atoms with van der Waals surface area (Å²) in [7, 11) is 2.25. The minimum atomic E-state index is 0. The van der Waals surface area contributed by atoms with Crippen molar-refractivity contribution < 1.29 is 21.9 Å². The molecule has 0 heterocycles. The summed E-state index contributed by atoms with van der Waals surface area (Å²) in [5.74, 6) is 0. The summed E-state index contributed by atoms with van der Waals surface area (Å²) in [4.78, 5) is 0. The van der Waals surface area contributed by atoms with Gasteiger partial charge in [0, 0.05) is 0 Å². The first-order valence-electron chi connectivity index (χ1n) is 1.98. The maximum Gasteiger partial charge on any atom is 2.00 e. The number of aliphatic hydroxyl groups excluding tert-OH is 1. The fourth-order valence-corrected chi connectivity index (χ4v) is 0.321. The number of aliphatic hydroxyl groups is 1. The molecule has 0 bridgehead atoms. The predicted octanol–water partition coefficient (Wildman–Crippen LogP) is 1.55. The van der Waals surface area contributed by atoms with Gasteiger partial charge in [-0.2, -0.15) is 18.2 Å². The third-order valence-electron chi connectivity index (χ3n) is 0.556. The van der Waals surface area contributed by atoms with E-state index >= 15 is 0 Å².